The van der Waals surface area contributed by atoms with E-state index < -0.39 is 14.8 Å². The molecule has 0 aliphatic carbocycles. The SMILES string of the molecule is CS(=O)(=O)c1ccc(N2CCCC2)c([N+](=O)[O-])c1. The summed E-state index contributed by atoms with van der Waals surface area (Å²) in [5, 5.41) is 11.0. The van der Waals surface area contributed by atoms with E-state index >= 15 is 0 Å². The second-order valence-electron chi connectivity index (χ2n) is 4.37. The second kappa shape index (κ2) is 4.56. The van der Waals surface area contributed by atoms with E-state index in [1.807, 2.05) is 4.90 Å². The molecule has 0 saturated carbocycles. The van der Waals surface area contributed by atoms with Crippen LogP contribution in [0.4, 0.5) is 11.4 Å². The summed E-state index contributed by atoms with van der Waals surface area (Å²) in [4.78, 5) is 12.4. The van der Waals surface area contributed by atoms with Crippen molar-refractivity contribution in [2.24, 2.45) is 0 Å². The summed E-state index contributed by atoms with van der Waals surface area (Å²) in [6, 6.07) is 4.10. The Labute approximate surface area is 105 Å². The maximum absolute atomic E-state index is 11.4. The second-order valence-corrected chi connectivity index (χ2v) is 6.39. The van der Waals surface area contributed by atoms with E-state index in [0.717, 1.165) is 38.3 Å². The highest BCUT2D eigenvalue weighted by Crippen LogP contribution is 2.32. The smallest absolute Gasteiger partial charge is 0.293 e. The van der Waals surface area contributed by atoms with Crippen molar-refractivity contribution < 1.29 is 13.3 Å². The minimum Gasteiger partial charge on any atom is -0.366 e. The summed E-state index contributed by atoms with van der Waals surface area (Å²) in [6.07, 6.45) is 3.05. The predicted molar refractivity (Wildman–Crippen MR) is 67.7 cm³/mol. The molecule has 7 heteroatoms. The highest BCUT2D eigenvalue weighted by Gasteiger charge is 2.24. The van der Waals surface area contributed by atoms with E-state index in [4.69, 9.17) is 0 Å². The first kappa shape index (κ1) is 12.8. The van der Waals surface area contributed by atoms with Crippen molar-refractivity contribution in [1.29, 1.82) is 0 Å². The van der Waals surface area contributed by atoms with Gasteiger partial charge in [-0.25, -0.2) is 8.42 Å². The van der Waals surface area contributed by atoms with Crippen LogP contribution in [0.2, 0.25) is 0 Å². The van der Waals surface area contributed by atoms with E-state index in [2.05, 4.69) is 0 Å². The fourth-order valence-electron chi connectivity index (χ4n) is 2.11. The van der Waals surface area contributed by atoms with E-state index in [1.54, 1.807) is 0 Å². The van der Waals surface area contributed by atoms with Gasteiger partial charge >= 0.3 is 0 Å². The lowest BCUT2D eigenvalue weighted by Crippen LogP contribution is -2.19. The zero-order chi connectivity index (χ0) is 13.3. The van der Waals surface area contributed by atoms with Crippen LogP contribution in [0, 0.1) is 10.1 Å². The number of hydrogen-bond donors (Lipinski definition) is 0. The van der Waals surface area contributed by atoms with Crippen molar-refractivity contribution in [3.63, 3.8) is 0 Å². The molecule has 0 radical (unpaired) electrons. The van der Waals surface area contributed by atoms with Crippen LogP contribution in [-0.4, -0.2) is 32.7 Å². The molecular weight excluding hydrogens is 256 g/mol. The van der Waals surface area contributed by atoms with E-state index in [1.165, 1.54) is 12.1 Å². The monoisotopic (exact) mass is 270 g/mol. The van der Waals surface area contributed by atoms with Crippen molar-refractivity contribution in [3.8, 4) is 0 Å². The van der Waals surface area contributed by atoms with E-state index in [9.17, 15) is 18.5 Å². The van der Waals surface area contributed by atoms with Crippen LogP contribution in [0.3, 0.4) is 0 Å². The van der Waals surface area contributed by atoms with Crippen molar-refractivity contribution >= 4 is 21.2 Å². The molecule has 6 nitrogen and oxygen atoms in total. The van der Waals surface area contributed by atoms with Gasteiger partial charge < -0.3 is 4.90 Å². The van der Waals surface area contributed by atoms with Crippen molar-refractivity contribution in [3.05, 3.63) is 28.3 Å². The highest BCUT2D eigenvalue weighted by molar-refractivity contribution is 7.90. The molecule has 0 bridgehead atoms. The number of nitro groups is 1. The summed E-state index contributed by atoms with van der Waals surface area (Å²) < 4.78 is 22.8. The number of nitro benzene ring substituents is 1. The number of benzene rings is 1. The largest absolute Gasteiger partial charge is 0.366 e. The van der Waals surface area contributed by atoms with E-state index in [0.29, 0.717) is 5.69 Å². The molecule has 2 rings (SSSR count). The third-order valence-corrected chi connectivity index (χ3v) is 4.13. The van der Waals surface area contributed by atoms with Crippen LogP contribution in [-0.2, 0) is 9.84 Å². The molecule has 18 heavy (non-hydrogen) atoms. The van der Waals surface area contributed by atoms with Gasteiger partial charge in [0.1, 0.15) is 5.69 Å². The van der Waals surface area contributed by atoms with Crippen molar-refractivity contribution in [1.82, 2.24) is 0 Å². The molecule has 0 aromatic heterocycles. The summed E-state index contributed by atoms with van der Waals surface area (Å²) in [5.74, 6) is 0. The van der Waals surface area contributed by atoms with Gasteiger partial charge in [0.2, 0.25) is 0 Å². The van der Waals surface area contributed by atoms with Crippen molar-refractivity contribution in [2.45, 2.75) is 17.7 Å². The summed E-state index contributed by atoms with van der Waals surface area (Å²) >= 11 is 0. The topological polar surface area (TPSA) is 80.5 Å². The molecule has 0 unspecified atom stereocenters. The molecule has 1 saturated heterocycles. The van der Waals surface area contributed by atoms with Crippen LogP contribution in [0.5, 0.6) is 0 Å². The average Bonchev–Trinajstić information content (AvgIpc) is 2.80. The van der Waals surface area contributed by atoms with Gasteiger partial charge in [-0.2, -0.15) is 0 Å². The minimum absolute atomic E-state index is 0.0165. The molecule has 98 valence electrons. The molecule has 0 spiro atoms. The molecule has 1 heterocycles. The third-order valence-electron chi connectivity index (χ3n) is 3.02. The molecule has 1 aliphatic rings. The van der Waals surface area contributed by atoms with Gasteiger partial charge in [-0.1, -0.05) is 0 Å². The first-order valence-corrected chi connectivity index (χ1v) is 7.52. The molecular formula is C11H14N2O4S. The average molecular weight is 270 g/mol. The van der Waals surface area contributed by atoms with Gasteiger partial charge in [0.25, 0.3) is 5.69 Å². The van der Waals surface area contributed by atoms with Gasteiger partial charge in [-0.15, -0.1) is 0 Å². The molecule has 0 atom stereocenters. The Kier molecular flexibility index (Phi) is 3.25. The van der Waals surface area contributed by atoms with Gasteiger partial charge in [0, 0.05) is 25.4 Å². The molecule has 1 aromatic rings. The van der Waals surface area contributed by atoms with Gasteiger partial charge in [0.15, 0.2) is 9.84 Å². The lowest BCUT2D eigenvalue weighted by molar-refractivity contribution is -0.384. The molecule has 1 fully saturated rings. The Morgan fingerprint density at radius 2 is 1.89 bits per heavy atom. The Bertz CT molecular complexity index is 577. The lowest BCUT2D eigenvalue weighted by Gasteiger charge is -2.17. The summed E-state index contributed by atoms with van der Waals surface area (Å²) in [5.41, 5.74) is 0.365. The molecule has 0 N–H and O–H groups in total. The lowest BCUT2D eigenvalue weighted by atomic mass is 10.2. The van der Waals surface area contributed by atoms with Gasteiger partial charge in [0.05, 0.1) is 9.82 Å². The molecule has 1 aromatic carbocycles. The quantitative estimate of drug-likeness (QED) is 0.615. The normalized spacial score (nSPS) is 15.9. The number of rotatable bonds is 3. The van der Waals surface area contributed by atoms with Crippen molar-refractivity contribution in [2.75, 3.05) is 24.2 Å². The fourth-order valence-corrected chi connectivity index (χ4v) is 2.75. The molecule has 0 amide bonds. The number of nitrogens with zero attached hydrogens (tertiary/aromatic N) is 2. The maximum Gasteiger partial charge on any atom is 0.293 e. The minimum atomic E-state index is -3.42. The number of anilines is 1. The van der Waals surface area contributed by atoms with Crippen LogP contribution in [0.15, 0.2) is 23.1 Å². The van der Waals surface area contributed by atoms with Crippen LogP contribution in [0.25, 0.3) is 0 Å². The van der Waals surface area contributed by atoms with Crippen LogP contribution in [0.1, 0.15) is 12.8 Å². The Morgan fingerprint density at radius 1 is 1.28 bits per heavy atom. The molecule has 1 aliphatic heterocycles. The van der Waals surface area contributed by atoms with Gasteiger partial charge in [-0.3, -0.25) is 10.1 Å². The summed E-state index contributed by atoms with van der Waals surface area (Å²) in [6.45, 7) is 1.55. The Balaban J connectivity index is 2.51. The summed E-state index contributed by atoms with van der Waals surface area (Å²) in [7, 11) is -3.42. The Hall–Kier alpha value is -1.63. The van der Waals surface area contributed by atoms with Crippen LogP contribution >= 0.6 is 0 Å². The Morgan fingerprint density at radius 3 is 2.39 bits per heavy atom. The zero-order valence-corrected chi connectivity index (χ0v) is 10.8. The first-order chi connectivity index (χ1) is 8.39. The number of sulfone groups is 1. The van der Waals surface area contributed by atoms with E-state index in [-0.39, 0.29) is 10.6 Å². The van der Waals surface area contributed by atoms with Gasteiger partial charge in [-0.05, 0) is 25.0 Å². The predicted octanol–water partition coefficient (Wildman–Crippen LogP) is 1.60. The number of hydrogen-bond acceptors (Lipinski definition) is 5. The fraction of sp³-hybridized carbons (Fsp3) is 0.455. The first-order valence-electron chi connectivity index (χ1n) is 5.63. The maximum atomic E-state index is 11.4. The standard InChI is InChI=1S/C11H14N2O4S/c1-18(16,17)9-4-5-10(11(8-9)13(14)15)12-6-2-3-7-12/h4-5,8H,2-3,6-7H2,1H3. The third kappa shape index (κ3) is 2.45. The highest BCUT2D eigenvalue weighted by atomic mass is 32.2. The van der Waals surface area contributed by atoms with Crippen LogP contribution < -0.4 is 4.90 Å². The zero-order valence-electron chi connectivity index (χ0n) is 10.00.